The van der Waals surface area contributed by atoms with Gasteiger partial charge in [-0.15, -0.1) is 0 Å². The molecule has 0 radical (unpaired) electrons. The van der Waals surface area contributed by atoms with Crippen LogP contribution in [-0.4, -0.2) is 23.4 Å². The molecule has 2 aliphatic carbocycles. The molecule has 0 saturated heterocycles. The van der Waals surface area contributed by atoms with Crippen molar-refractivity contribution >= 4 is 132 Å². The number of hydrogen-bond donors (Lipinski definition) is 0. The molecule has 0 saturated carbocycles. The second kappa shape index (κ2) is 21.5. The first-order valence-electron chi connectivity index (χ1n) is 34.3. The molecular formula is C86H75B2N7O. The molecule has 0 fully saturated rings. The molecule has 0 amide bonds. The van der Waals surface area contributed by atoms with Crippen molar-refractivity contribution in [3.63, 3.8) is 0 Å². The third kappa shape index (κ3) is 8.97. The van der Waals surface area contributed by atoms with Gasteiger partial charge in [-0.25, -0.2) is 4.98 Å². The molecule has 10 heteroatoms. The van der Waals surface area contributed by atoms with E-state index in [1.807, 2.05) is 0 Å². The van der Waals surface area contributed by atoms with Crippen molar-refractivity contribution in [1.82, 2.24) is 9.97 Å². The molecule has 4 aliphatic heterocycles. The van der Waals surface area contributed by atoms with Crippen molar-refractivity contribution in [2.75, 3.05) is 24.5 Å². The highest BCUT2D eigenvalue weighted by Crippen LogP contribution is 2.54. The number of anilines is 15. The lowest BCUT2D eigenvalue weighted by atomic mass is 9.30. The monoisotopic (exact) mass is 1240 g/mol. The molecule has 12 aromatic rings. The minimum atomic E-state index is -0.253. The summed E-state index contributed by atoms with van der Waals surface area (Å²) in [4.78, 5) is 24.1. The van der Waals surface area contributed by atoms with Gasteiger partial charge in [-0.05, 0) is 200 Å². The summed E-state index contributed by atoms with van der Waals surface area (Å²) in [7, 11) is 0. The van der Waals surface area contributed by atoms with E-state index in [9.17, 15) is 0 Å². The van der Waals surface area contributed by atoms with Crippen LogP contribution in [0.3, 0.4) is 0 Å². The van der Waals surface area contributed by atoms with Gasteiger partial charge in [0.1, 0.15) is 23.2 Å². The van der Waals surface area contributed by atoms with Gasteiger partial charge in [0.2, 0.25) is 5.88 Å². The smallest absolute Gasteiger partial charge is 0.258 e. The average Bonchev–Trinajstić information content (AvgIpc) is 0.686. The van der Waals surface area contributed by atoms with Gasteiger partial charge in [-0.3, -0.25) is 14.7 Å². The number of benzene rings is 10. The van der Waals surface area contributed by atoms with E-state index >= 15 is 0 Å². The van der Waals surface area contributed by atoms with Gasteiger partial charge < -0.3 is 14.5 Å². The molecule has 0 unspecified atom stereocenters. The van der Waals surface area contributed by atoms with Gasteiger partial charge in [0.25, 0.3) is 13.4 Å². The predicted molar refractivity (Wildman–Crippen MR) is 402 cm³/mol. The van der Waals surface area contributed by atoms with Crippen molar-refractivity contribution < 1.29 is 4.74 Å². The Kier molecular flexibility index (Phi) is 13.0. The maximum absolute atomic E-state index is 7.29. The van der Waals surface area contributed by atoms with Crippen LogP contribution < -0.4 is 62.0 Å². The summed E-state index contributed by atoms with van der Waals surface area (Å²) in [6.45, 7) is 18.8. The SMILES string of the molecule is CC1(C)CCC(C)(C)c2cc(N(c3ccccc3)c3cc4c5c(n3)Oc3ccccc3B5c3cc5c(cc3N4c3ccccc3)N(c3ccccc3)c3cc(N(c4ccccc4)c4ccc6c(c4)C(C)(C)CCC6(C)C)nc4c3B5c3ccccc3N4c3ccccc3)ccc21. The van der Waals surface area contributed by atoms with Crippen LogP contribution >= 0.6 is 0 Å². The number of fused-ring (bicyclic) bond motifs is 10. The maximum atomic E-state index is 7.29. The topological polar surface area (TPSA) is 51.2 Å². The molecule has 0 spiro atoms. The Bertz CT molecular complexity index is 5100. The number of hydrogen-bond acceptors (Lipinski definition) is 8. The molecule has 96 heavy (non-hydrogen) atoms. The minimum Gasteiger partial charge on any atom is -0.440 e. The summed E-state index contributed by atoms with van der Waals surface area (Å²) >= 11 is 0. The van der Waals surface area contributed by atoms with Crippen LogP contribution in [0, 0.1) is 0 Å². The molecule has 0 atom stereocenters. The van der Waals surface area contributed by atoms with E-state index in [4.69, 9.17) is 14.7 Å². The molecule has 18 rings (SSSR count). The highest BCUT2D eigenvalue weighted by molar-refractivity contribution is 7.02. The van der Waals surface area contributed by atoms with Gasteiger partial charge in [0.05, 0.1) is 5.69 Å². The van der Waals surface area contributed by atoms with Gasteiger partial charge >= 0.3 is 0 Å². The fourth-order valence-electron chi connectivity index (χ4n) is 17.0. The normalized spacial score (nSPS) is 16.5. The first kappa shape index (κ1) is 58.0. The summed E-state index contributed by atoms with van der Waals surface area (Å²) in [5.74, 6) is 3.89. The zero-order valence-electron chi connectivity index (χ0n) is 55.8. The average molecular weight is 1240 g/mol. The van der Waals surface area contributed by atoms with Crippen LogP contribution in [0.2, 0.25) is 0 Å². The standard InChI is InChI=1S/C86H75B2N7O/c1-83(2)46-48-85(5,6)65-50-61(42-44-63(65)83)91(56-28-14-9-15-29-56)77-54-74-79-81(89-77)95(60-36-22-13-23-37-60)71-40-26-24-38-67(71)87(79)69-52-70-73(53-72(69)93(74)58-32-18-11-19-33-58)94(59-34-20-12-21-35-59)75-55-78(90-82-80(75)88(70)68-39-25-27-41-76(68)96-82)92(57-30-16-10-17-31-57)62-43-45-64-66(51-62)86(7,8)49-47-84(64,3)4/h9-45,50-55H,46-49H2,1-8H3. The zero-order chi connectivity index (χ0) is 65.0. The third-order valence-corrected chi connectivity index (χ3v) is 22.2. The highest BCUT2D eigenvalue weighted by Gasteiger charge is 2.50. The molecule has 6 heterocycles. The highest BCUT2D eigenvalue weighted by atomic mass is 16.5. The Morgan fingerprint density at radius 1 is 0.323 bits per heavy atom. The molecule has 10 aromatic carbocycles. The van der Waals surface area contributed by atoms with E-state index in [2.05, 4.69) is 341 Å². The van der Waals surface area contributed by atoms with Crippen LogP contribution in [-0.2, 0) is 21.7 Å². The van der Waals surface area contributed by atoms with Gasteiger partial charge in [0.15, 0.2) is 0 Å². The lowest BCUT2D eigenvalue weighted by Gasteiger charge is -2.46. The van der Waals surface area contributed by atoms with Crippen LogP contribution in [0.5, 0.6) is 11.6 Å². The van der Waals surface area contributed by atoms with Crippen molar-refractivity contribution in [1.29, 1.82) is 0 Å². The maximum Gasteiger partial charge on any atom is 0.258 e. The van der Waals surface area contributed by atoms with Gasteiger partial charge in [-0.2, -0.15) is 4.98 Å². The van der Waals surface area contributed by atoms with Crippen molar-refractivity contribution in [3.8, 4) is 11.6 Å². The quantitative estimate of drug-likeness (QED) is 0.133. The summed E-state index contributed by atoms with van der Waals surface area (Å²) in [5, 5.41) is 0. The number of para-hydroxylation sites is 7. The molecule has 8 nitrogen and oxygen atoms in total. The molecule has 6 aliphatic rings. The minimum absolute atomic E-state index is 0.0158. The van der Waals surface area contributed by atoms with Crippen LogP contribution in [0.4, 0.5) is 85.7 Å². The first-order valence-corrected chi connectivity index (χ1v) is 34.3. The van der Waals surface area contributed by atoms with Gasteiger partial charge in [-0.1, -0.05) is 201 Å². The molecule has 0 N–H and O–H groups in total. The molecular weight excluding hydrogens is 1170 g/mol. The fourth-order valence-corrected chi connectivity index (χ4v) is 17.0. The number of aromatic nitrogens is 2. The van der Waals surface area contributed by atoms with E-state index in [1.165, 1.54) is 38.6 Å². The third-order valence-electron chi connectivity index (χ3n) is 22.2. The first-order chi connectivity index (χ1) is 46.6. The Hall–Kier alpha value is -10.6. The van der Waals surface area contributed by atoms with E-state index in [0.717, 1.165) is 134 Å². The Balaban J connectivity index is 0.919. The van der Waals surface area contributed by atoms with E-state index in [1.54, 1.807) is 0 Å². The fraction of sp³-hybridized carbons (Fsp3) is 0.186. The van der Waals surface area contributed by atoms with Crippen LogP contribution in [0.1, 0.15) is 103 Å². The van der Waals surface area contributed by atoms with Crippen molar-refractivity contribution in [2.24, 2.45) is 0 Å². The lowest BCUT2D eigenvalue weighted by molar-refractivity contribution is 0.332. The lowest BCUT2D eigenvalue weighted by Crippen LogP contribution is -2.65. The number of rotatable bonds is 9. The van der Waals surface area contributed by atoms with E-state index in [0.29, 0.717) is 5.88 Å². The Morgan fingerprint density at radius 2 is 0.729 bits per heavy atom. The molecule has 2 aromatic heterocycles. The summed E-state index contributed by atoms with van der Waals surface area (Å²) in [6.07, 6.45) is 4.49. The number of ether oxygens (including phenoxy) is 1. The van der Waals surface area contributed by atoms with Crippen molar-refractivity contribution in [2.45, 2.75) is 103 Å². The Morgan fingerprint density at radius 3 is 1.24 bits per heavy atom. The number of nitrogens with zero attached hydrogens (tertiary/aromatic N) is 7. The summed E-state index contributed by atoms with van der Waals surface area (Å²) in [6, 6.07) is 96.4. The van der Waals surface area contributed by atoms with E-state index in [-0.39, 0.29) is 35.1 Å². The Labute approximate surface area is 565 Å². The van der Waals surface area contributed by atoms with Crippen molar-refractivity contribution in [3.05, 3.63) is 283 Å². The second-order valence-corrected chi connectivity index (χ2v) is 29.8. The summed E-state index contributed by atoms with van der Waals surface area (Å²) < 4.78 is 7.29. The van der Waals surface area contributed by atoms with Crippen LogP contribution in [0.15, 0.2) is 261 Å². The largest absolute Gasteiger partial charge is 0.440 e. The second-order valence-electron chi connectivity index (χ2n) is 29.8. The van der Waals surface area contributed by atoms with Crippen LogP contribution in [0.25, 0.3) is 0 Å². The van der Waals surface area contributed by atoms with Gasteiger partial charge in [0, 0.05) is 80.2 Å². The summed E-state index contributed by atoms with van der Waals surface area (Å²) in [5.41, 5.74) is 25.2. The predicted octanol–water partition coefficient (Wildman–Crippen LogP) is 18.6. The molecule has 466 valence electrons. The molecule has 0 bridgehead atoms. The van der Waals surface area contributed by atoms with E-state index < -0.39 is 0 Å². The zero-order valence-corrected chi connectivity index (χ0v) is 55.8. The number of pyridine rings is 2.